The van der Waals surface area contributed by atoms with E-state index in [4.69, 9.17) is 14.9 Å². The van der Waals surface area contributed by atoms with Crippen LogP contribution in [-0.4, -0.2) is 84.0 Å². The molecule has 1 aliphatic heterocycles. The molecule has 0 saturated carbocycles. The summed E-state index contributed by atoms with van der Waals surface area (Å²) in [5.74, 6) is 0. The highest BCUT2D eigenvalue weighted by molar-refractivity contribution is 7.61. The molecule has 2 rings (SSSR count). The highest BCUT2D eigenvalue weighted by Crippen LogP contribution is 2.60. The molecule has 19 heteroatoms. The van der Waals surface area contributed by atoms with Gasteiger partial charge in [-0.25, -0.2) is 13.9 Å². The lowest BCUT2D eigenvalue weighted by Gasteiger charge is -2.19. The van der Waals surface area contributed by atoms with Gasteiger partial charge in [-0.2, -0.15) is 4.31 Å². The average molecular weight is 495 g/mol. The number of aliphatic hydroxyl groups excluding tert-OH is 4. The number of hydrogen-bond donors (Lipinski definition) is 8. The Labute approximate surface area is 173 Å². The Bertz CT molecular complexity index is 936. The second kappa shape index (κ2) is 11.0. The van der Waals surface area contributed by atoms with Crippen molar-refractivity contribution in [1.29, 1.82) is 0 Å². The van der Waals surface area contributed by atoms with Crippen molar-refractivity contribution >= 4 is 15.6 Å². The van der Waals surface area contributed by atoms with E-state index in [0.717, 1.165) is 16.8 Å². The van der Waals surface area contributed by atoms with Crippen LogP contribution in [0.2, 0.25) is 0 Å². The van der Waals surface area contributed by atoms with Gasteiger partial charge in [0.25, 0.3) is 5.56 Å². The summed E-state index contributed by atoms with van der Waals surface area (Å²) in [6, 6.07) is 0.954. The Morgan fingerprint density at radius 2 is 1.77 bits per heavy atom. The normalized spacial score (nSPS) is 28.3. The summed E-state index contributed by atoms with van der Waals surface area (Å²) in [4.78, 5) is 43.7. The molecule has 1 aromatic rings. The summed E-state index contributed by atoms with van der Waals surface area (Å²) < 4.78 is 42.0. The van der Waals surface area contributed by atoms with E-state index < -0.39 is 77.4 Å². The molecule has 0 aromatic carbocycles. The van der Waals surface area contributed by atoms with Crippen LogP contribution in [0.3, 0.4) is 0 Å². The Kier molecular flexibility index (Phi) is 9.86. The highest BCUT2D eigenvalue weighted by Gasteiger charge is 2.46. The molecular formula is C12H23N3O14P2. The summed E-state index contributed by atoms with van der Waals surface area (Å²) >= 11 is 0. The van der Waals surface area contributed by atoms with E-state index in [2.05, 4.69) is 13.4 Å². The van der Waals surface area contributed by atoms with E-state index in [9.17, 15) is 38.7 Å². The molecule has 0 amide bonds. The third-order valence-corrected chi connectivity index (χ3v) is 6.31. The monoisotopic (exact) mass is 495 g/mol. The molecule has 1 aromatic heterocycles. The van der Waals surface area contributed by atoms with Gasteiger partial charge in [0.2, 0.25) is 0 Å². The fraction of sp³-hybridized carbons (Fsp3) is 0.667. The van der Waals surface area contributed by atoms with Gasteiger partial charge in [-0.1, -0.05) is 0 Å². The molecule has 180 valence electrons. The summed E-state index contributed by atoms with van der Waals surface area (Å²) in [6.45, 7) is -2.64. The first-order valence-corrected chi connectivity index (χ1v) is 11.1. The molecule has 2 heterocycles. The van der Waals surface area contributed by atoms with Crippen LogP contribution < -0.4 is 17.4 Å². The molecule has 0 aliphatic carbocycles. The summed E-state index contributed by atoms with van der Waals surface area (Å²) in [6.07, 6.45) is -6.94. The third kappa shape index (κ3) is 7.65. The third-order valence-electron chi connectivity index (χ3n) is 3.71. The van der Waals surface area contributed by atoms with E-state index in [1.165, 1.54) is 0 Å². The van der Waals surface area contributed by atoms with Crippen LogP contribution in [-0.2, 0) is 27.2 Å². The lowest BCUT2D eigenvalue weighted by molar-refractivity contribution is -0.0544. The first-order valence-electron chi connectivity index (χ1n) is 8.13. The van der Waals surface area contributed by atoms with Crippen molar-refractivity contribution in [3.05, 3.63) is 33.1 Å². The molecule has 3 unspecified atom stereocenters. The van der Waals surface area contributed by atoms with Gasteiger partial charge in [-0.05, 0) is 0 Å². The Morgan fingerprint density at radius 1 is 1.16 bits per heavy atom. The average Bonchev–Trinajstić information content (AvgIpc) is 2.92. The SMILES string of the molecule is N.O=c1ccn([C@@H]2O[C@H](COP(=O)(O)OP(=O)(O)OCC(O)CO)[C@@H](O)[C@H]2O)c(=O)[nH]1. The fourth-order valence-electron chi connectivity index (χ4n) is 2.30. The van der Waals surface area contributed by atoms with Crippen LogP contribution in [0.4, 0.5) is 0 Å². The van der Waals surface area contributed by atoms with Gasteiger partial charge in [0, 0.05) is 12.3 Å². The molecule has 0 spiro atoms. The minimum Gasteiger partial charge on any atom is -0.394 e. The van der Waals surface area contributed by atoms with Crippen molar-refractivity contribution in [3.8, 4) is 0 Å². The fourth-order valence-corrected chi connectivity index (χ4v) is 4.42. The maximum Gasteiger partial charge on any atom is 0.481 e. The zero-order valence-corrected chi connectivity index (χ0v) is 17.4. The number of phosphoric ester groups is 2. The smallest absolute Gasteiger partial charge is 0.394 e. The molecule has 0 radical (unpaired) electrons. The van der Waals surface area contributed by atoms with Crippen molar-refractivity contribution in [1.82, 2.24) is 15.7 Å². The quantitative estimate of drug-likeness (QED) is 0.149. The van der Waals surface area contributed by atoms with Gasteiger partial charge in [0.15, 0.2) is 6.23 Å². The highest BCUT2D eigenvalue weighted by atomic mass is 31.3. The summed E-state index contributed by atoms with van der Waals surface area (Å²) in [7, 11) is -10.4. The topological polar surface area (TPSA) is 282 Å². The zero-order valence-electron chi connectivity index (χ0n) is 15.7. The number of hydrogen-bond acceptors (Lipinski definition) is 13. The van der Waals surface area contributed by atoms with Gasteiger partial charge < -0.3 is 41.1 Å². The van der Waals surface area contributed by atoms with E-state index in [-0.39, 0.29) is 6.15 Å². The van der Waals surface area contributed by atoms with E-state index >= 15 is 0 Å². The number of H-pyrrole nitrogens is 1. The Morgan fingerprint density at radius 3 is 2.35 bits per heavy atom. The number of aliphatic hydroxyl groups is 4. The molecule has 7 atom stereocenters. The number of nitrogens with one attached hydrogen (secondary N) is 1. The molecule has 0 bridgehead atoms. The first-order chi connectivity index (χ1) is 13.8. The lowest BCUT2D eigenvalue weighted by Crippen LogP contribution is -2.37. The number of aromatic amines is 1. The van der Waals surface area contributed by atoms with E-state index in [1.807, 2.05) is 4.98 Å². The van der Waals surface area contributed by atoms with Crippen LogP contribution in [0.1, 0.15) is 6.23 Å². The lowest BCUT2D eigenvalue weighted by atomic mass is 10.1. The van der Waals surface area contributed by atoms with Crippen LogP contribution in [0.25, 0.3) is 0 Å². The van der Waals surface area contributed by atoms with Crippen molar-refractivity contribution < 1.29 is 57.4 Å². The van der Waals surface area contributed by atoms with Crippen molar-refractivity contribution in [2.24, 2.45) is 0 Å². The van der Waals surface area contributed by atoms with Crippen LogP contribution in [0.5, 0.6) is 0 Å². The molecule has 10 N–H and O–H groups in total. The van der Waals surface area contributed by atoms with Crippen LogP contribution in [0.15, 0.2) is 21.9 Å². The Hall–Kier alpha value is -1.30. The number of ether oxygens (including phenoxy) is 1. The molecule has 1 aliphatic rings. The second-order valence-corrected chi connectivity index (χ2v) is 9.05. The van der Waals surface area contributed by atoms with E-state index in [1.54, 1.807) is 0 Å². The van der Waals surface area contributed by atoms with Gasteiger partial charge >= 0.3 is 21.3 Å². The number of rotatable bonds is 10. The first kappa shape index (κ1) is 27.7. The maximum atomic E-state index is 11.8. The van der Waals surface area contributed by atoms with Crippen molar-refractivity contribution in [2.75, 3.05) is 19.8 Å². The molecule has 1 saturated heterocycles. The molecular weight excluding hydrogens is 472 g/mol. The van der Waals surface area contributed by atoms with Gasteiger partial charge in [-0.15, -0.1) is 0 Å². The van der Waals surface area contributed by atoms with Crippen LogP contribution in [0, 0.1) is 0 Å². The number of aromatic nitrogens is 2. The predicted octanol–water partition coefficient (Wildman–Crippen LogP) is -3.08. The van der Waals surface area contributed by atoms with Gasteiger partial charge in [-0.3, -0.25) is 23.4 Å². The number of phosphoric acid groups is 2. The van der Waals surface area contributed by atoms with Crippen LogP contribution >= 0.6 is 15.6 Å². The standard InChI is InChI=1S/C12H20N2O14P2.H3N/c15-3-6(16)4-25-29(21,22)28-30(23,24)26-5-7-9(18)10(19)11(27-7)14-2-1-8(17)13-12(14)20;/h1-2,6-7,9-11,15-16,18-19H,3-5H2,(H,21,22)(H,23,24)(H,13,17,20);1H3/t6?,7-,9-,10-,11-;/m1./s1. The van der Waals surface area contributed by atoms with Gasteiger partial charge in [0.1, 0.15) is 24.4 Å². The number of nitrogens with zero attached hydrogens (tertiary/aromatic N) is 1. The predicted molar refractivity (Wildman–Crippen MR) is 98.0 cm³/mol. The summed E-state index contributed by atoms with van der Waals surface area (Å²) in [5, 5.41) is 37.7. The minimum atomic E-state index is -5.26. The minimum absolute atomic E-state index is 0. The largest absolute Gasteiger partial charge is 0.481 e. The molecule has 31 heavy (non-hydrogen) atoms. The van der Waals surface area contributed by atoms with Gasteiger partial charge in [0.05, 0.1) is 19.8 Å². The second-order valence-electron chi connectivity index (χ2n) is 6.01. The van der Waals surface area contributed by atoms with E-state index in [0.29, 0.717) is 0 Å². The van der Waals surface area contributed by atoms with Crippen molar-refractivity contribution in [3.63, 3.8) is 0 Å². The molecule has 17 nitrogen and oxygen atoms in total. The Balaban J connectivity index is 0.00000480. The maximum absolute atomic E-state index is 11.8. The zero-order chi connectivity index (χ0) is 22.7. The summed E-state index contributed by atoms with van der Waals surface area (Å²) in [5.41, 5.74) is -1.68. The molecule has 1 fully saturated rings. The van der Waals surface area contributed by atoms with Crippen molar-refractivity contribution in [2.45, 2.75) is 30.6 Å².